The average Bonchev–Trinajstić information content (AvgIpc) is 2.86. The number of halogens is 2. The summed E-state index contributed by atoms with van der Waals surface area (Å²) in [6, 6.07) is 7.46. The van der Waals surface area contributed by atoms with Gasteiger partial charge in [0.05, 0.1) is 29.0 Å². The first-order chi connectivity index (χ1) is 17.4. The van der Waals surface area contributed by atoms with Crippen molar-refractivity contribution in [2.45, 2.75) is 6.92 Å². The molecule has 0 spiro atoms. The van der Waals surface area contributed by atoms with Crippen molar-refractivity contribution in [1.29, 1.82) is 0 Å². The number of hydrogen-bond donors (Lipinski definition) is 3. The number of carbonyl (C=O) groups excluding carboxylic acids is 2. The fraction of sp³-hybridized carbons (Fsp3) is 0.280. The molecule has 0 bridgehead atoms. The van der Waals surface area contributed by atoms with E-state index in [0.29, 0.717) is 40.3 Å². The molecule has 1 fully saturated rings. The Morgan fingerprint density at radius 2 is 2.00 bits per heavy atom. The summed E-state index contributed by atoms with van der Waals surface area (Å²) in [6.45, 7) is 5.75. The van der Waals surface area contributed by atoms with Crippen LogP contribution in [0, 0.1) is 5.82 Å². The third kappa shape index (κ3) is 5.96. The van der Waals surface area contributed by atoms with Gasteiger partial charge in [-0.2, -0.15) is 0 Å². The van der Waals surface area contributed by atoms with E-state index >= 15 is 0 Å². The number of Topliss-reactive ketones (excluding diaryl/α,β-unsaturated/α-hetero) is 1. The molecular weight excluding hydrogens is 487 g/mol. The van der Waals surface area contributed by atoms with E-state index in [1.54, 1.807) is 18.2 Å². The zero-order valence-electron chi connectivity index (χ0n) is 19.9. The van der Waals surface area contributed by atoms with Crippen LogP contribution in [0.2, 0.25) is 5.02 Å². The van der Waals surface area contributed by atoms with Crippen LogP contribution >= 0.6 is 11.6 Å². The van der Waals surface area contributed by atoms with E-state index in [0.717, 1.165) is 26.2 Å². The van der Waals surface area contributed by atoms with Crippen molar-refractivity contribution < 1.29 is 18.7 Å². The van der Waals surface area contributed by atoms with Gasteiger partial charge in [-0.15, -0.1) is 10.2 Å². The molecule has 1 aliphatic rings. The first kappa shape index (κ1) is 25.5. The fourth-order valence-corrected chi connectivity index (χ4v) is 3.99. The van der Waals surface area contributed by atoms with E-state index in [-0.39, 0.29) is 22.4 Å². The molecule has 36 heavy (non-hydrogen) atoms. The topological polar surface area (TPSA) is 108 Å². The van der Waals surface area contributed by atoms with Gasteiger partial charge in [0.2, 0.25) is 5.91 Å². The second-order valence-electron chi connectivity index (χ2n) is 8.25. The first-order valence-electron chi connectivity index (χ1n) is 11.4. The van der Waals surface area contributed by atoms with Gasteiger partial charge in [0.25, 0.3) is 0 Å². The van der Waals surface area contributed by atoms with Crippen LogP contribution in [0.4, 0.5) is 21.5 Å². The van der Waals surface area contributed by atoms with Crippen LogP contribution in [0.15, 0.2) is 42.5 Å². The number of anilines is 3. The largest absolute Gasteiger partial charge is 0.494 e. The third-order valence-electron chi connectivity index (χ3n) is 5.70. The highest BCUT2D eigenvalue weighted by Crippen LogP contribution is 2.36. The van der Waals surface area contributed by atoms with Crippen molar-refractivity contribution in [3.63, 3.8) is 0 Å². The number of rotatable bonds is 8. The van der Waals surface area contributed by atoms with E-state index in [1.165, 1.54) is 32.2 Å². The van der Waals surface area contributed by atoms with Crippen LogP contribution < -0.4 is 20.7 Å². The number of carbonyl (C=O) groups is 2. The number of fused-ring (bicyclic) bond motifs is 1. The molecule has 0 radical (unpaired) electrons. The molecule has 9 nitrogen and oxygen atoms in total. The lowest BCUT2D eigenvalue weighted by molar-refractivity contribution is -0.111. The average molecular weight is 513 g/mol. The number of hydrogen-bond acceptors (Lipinski definition) is 8. The first-order valence-corrected chi connectivity index (χ1v) is 11.8. The van der Waals surface area contributed by atoms with Crippen LogP contribution in [0.1, 0.15) is 17.4 Å². The van der Waals surface area contributed by atoms with Gasteiger partial charge < -0.3 is 20.7 Å². The van der Waals surface area contributed by atoms with E-state index in [9.17, 15) is 14.0 Å². The standard InChI is InChI=1S/C25H26ClFN6O3/c1-15(34)24-25(29-16-5-6-18(26)19(27)12-16)17-13-21(22(36-2)14-20(17)31-32-24)30-23(35)4-3-9-33-10-7-28-8-11-33/h3-6,12-14,28H,7-11H2,1-2H3,(H,29,31)(H,30,35)/b4-3+. The van der Waals surface area contributed by atoms with E-state index in [4.69, 9.17) is 16.3 Å². The molecule has 4 rings (SSSR count). The van der Waals surface area contributed by atoms with Gasteiger partial charge in [-0.05, 0) is 24.3 Å². The molecule has 2 heterocycles. The van der Waals surface area contributed by atoms with Gasteiger partial charge in [-0.1, -0.05) is 17.7 Å². The predicted molar refractivity (Wildman–Crippen MR) is 138 cm³/mol. The van der Waals surface area contributed by atoms with Crippen molar-refractivity contribution >= 4 is 51.3 Å². The zero-order valence-corrected chi connectivity index (χ0v) is 20.7. The van der Waals surface area contributed by atoms with Gasteiger partial charge in [0.15, 0.2) is 11.5 Å². The minimum atomic E-state index is -0.611. The number of nitrogens with one attached hydrogen (secondary N) is 3. The Kier molecular flexibility index (Phi) is 8.09. The normalized spacial score (nSPS) is 14.2. The Labute approximate surface area is 212 Å². The van der Waals surface area contributed by atoms with Crippen molar-refractivity contribution in [2.24, 2.45) is 0 Å². The molecular formula is C25H26ClFN6O3. The van der Waals surface area contributed by atoms with Crippen molar-refractivity contribution in [3.05, 3.63) is 59.0 Å². The molecule has 0 atom stereocenters. The molecule has 0 saturated carbocycles. The number of methoxy groups -OCH3 is 1. The summed E-state index contributed by atoms with van der Waals surface area (Å²) in [5.74, 6) is -0.899. The molecule has 3 N–H and O–H groups in total. The summed E-state index contributed by atoms with van der Waals surface area (Å²) in [4.78, 5) is 27.2. The highest BCUT2D eigenvalue weighted by atomic mass is 35.5. The monoisotopic (exact) mass is 512 g/mol. The van der Waals surface area contributed by atoms with Gasteiger partial charge in [0, 0.05) is 62.9 Å². The van der Waals surface area contributed by atoms with Crippen LogP contribution in [0.5, 0.6) is 5.75 Å². The van der Waals surface area contributed by atoms with Gasteiger partial charge in [-0.3, -0.25) is 14.5 Å². The van der Waals surface area contributed by atoms with Crippen LogP contribution in [-0.4, -0.2) is 66.6 Å². The molecule has 1 saturated heterocycles. The van der Waals surface area contributed by atoms with Crippen LogP contribution in [-0.2, 0) is 4.79 Å². The minimum Gasteiger partial charge on any atom is -0.494 e. The number of ketones is 1. The molecule has 1 amide bonds. The fourth-order valence-electron chi connectivity index (χ4n) is 3.87. The summed E-state index contributed by atoms with van der Waals surface area (Å²) in [7, 11) is 1.48. The summed E-state index contributed by atoms with van der Waals surface area (Å²) >= 11 is 5.80. The number of piperazine rings is 1. The lowest BCUT2D eigenvalue weighted by Gasteiger charge is -2.25. The number of benzene rings is 2. The maximum Gasteiger partial charge on any atom is 0.248 e. The summed E-state index contributed by atoms with van der Waals surface area (Å²) in [5.41, 5.74) is 1.56. The lowest BCUT2D eigenvalue weighted by Crippen LogP contribution is -2.43. The molecule has 3 aromatic rings. The second-order valence-corrected chi connectivity index (χ2v) is 8.65. The number of aromatic nitrogens is 2. The van der Waals surface area contributed by atoms with Crippen molar-refractivity contribution in [2.75, 3.05) is 50.5 Å². The molecule has 0 aliphatic carbocycles. The second kappa shape index (κ2) is 11.4. The van der Waals surface area contributed by atoms with Crippen LogP contribution in [0.25, 0.3) is 10.9 Å². The predicted octanol–water partition coefficient (Wildman–Crippen LogP) is 3.78. The Morgan fingerprint density at radius 1 is 1.22 bits per heavy atom. The van der Waals surface area contributed by atoms with Gasteiger partial charge >= 0.3 is 0 Å². The highest BCUT2D eigenvalue weighted by molar-refractivity contribution is 6.30. The Balaban J connectivity index is 1.66. The molecule has 1 aliphatic heterocycles. The maximum absolute atomic E-state index is 14.0. The van der Waals surface area contributed by atoms with Crippen molar-refractivity contribution in [1.82, 2.24) is 20.4 Å². The molecule has 11 heteroatoms. The smallest absolute Gasteiger partial charge is 0.248 e. The van der Waals surface area contributed by atoms with Crippen molar-refractivity contribution in [3.8, 4) is 5.75 Å². The quantitative estimate of drug-likeness (QED) is 0.309. The number of ether oxygens (including phenoxy) is 1. The molecule has 0 unspecified atom stereocenters. The molecule has 188 valence electrons. The molecule has 2 aromatic carbocycles. The minimum absolute atomic E-state index is 0.0233. The summed E-state index contributed by atoms with van der Waals surface area (Å²) < 4.78 is 19.5. The molecule has 1 aromatic heterocycles. The van der Waals surface area contributed by atoms with Gasteiger partial charge in [-0.25, -0.2) is 4.39 Å². The Bertz CT molecular complexity index is 1330. The van der Waals surface area contributed by atoms with Crippen LogP contribution in [0.3, 0.4) is 0 Å². The maximum atomic E-state index is 14.0. The SMILES string of the molecule is COc1cc2nnc(C(C)=O)c(Nc3ccc(Cl)c(F)c3)c2cc1NC(=O)/C=C/CN1CCNCC1. The van der Waals surface area contributed by atoms with Gasteiger partial charge in [0.1, 0.15) is 11.6 Å². The van der Waals surface area contributed by atoms with E-state index < -0.39 is 5.82 Å². The Hall–Kier alpha value is -3.60. The van der Waals surface area contributed by atoms with E-state index in [1.807, 2.05) is 6.08 Å². The number of nitrogens with zero attached hydrogens (tertiary/aromatic N) is 3. The lowest BCUT2D eigenvalue weighted by atomic mass is 10.1. The zero-order chi connectivity index (χ0) is 25.7. The summed E-state index contributed by atoms with van der Waals surface area (Å²) in [6.07, 6.45) is 3.29. The highest BCUT2D eigenvalue weighted by Gasteiger charge is 2.18. The summed E-state index contributed by atoms with van der Waals surface area (Å²) in [5, 5.41) is 17.8. The van der Waals surface area contributed by atoms with E-state index in [2.05, 4.69) is 31.0 Å². The Morgan fingerprint density at radius 3 is 2.69 bits per heavy atom. The number of amides is 1. The third-order valence-corrected chi connectivity index (χ3v) is 6.01.